The molecule has 0 spiro atoms. The van der Waals surface area contributed by atoms with Crippen LogP contribution in [-0.2, 0) is 4.79 Å². The average Bonchev–Trinajstić information content (AvgIpc) is 1.99. The maximum atomic E-state index is 10.9. The van der Waals surface area contributed by atoms with Gasteiger partial charge in [0.05, 0.1) is 13.6 Å². The zero-order chi connectivity index (χ0) is 8.27. The van der Waals surface area contributed by atoms with Crippen molar-refractivity contribution < 1.29 is 14.4 Å². The monoisotopic (exact) mass is 154 g/mol. The van der Waals surface area contributed by atoms with E-state index in [-0.39, 0.29) is 5.91 Å². The normalized spacial score (nSPS) is 15.3. The van der Waals surface area contributed by atoms with Gasteiger partial charge in [0, 0.05) is 0 Å². The second-order valence-corrected chi connectivity index (χ2v) is 2.10. The summed E-state index contributed by atoms with van der Waals surface area (Å²) in [4.78, 5) is 19.6. The highest BCUT2D eigenvalue weighted by molar-refractivity contribution is 6.27. The third-order valence-corrected chi connectivity index (χ3v) is 1.30. The van der Waals surface area contributed by atoms with Gasteiger partial charge in [-0.05, 0) is 6.92 Å². The van der Waals surface area contributed by atoms with E-state index in [4.69, 9.17) is 0 Å². The third-order valence-electron chi connectivity index (χ3n) is 1.30. The maximum Gasteiger partial charge on any atom is 0.535 e. The van der Waals surface area contributed by atoms with Gasteiger partial charge in [0.2, 0.25) is 4.79 Å². The van der Waals surface area contributed by atoms with Crippen molar-refractivity contribution in [1.82, 2.24) is 10.2 Å². The lowest BCUT2D eigenvalue weighted by Crippen LogP contribution is -2.45. The van der Waals surface area contributed by atoms with Crippen LogP contribution in [0.5, 0.6) is 0 Å². The SMILES string of the molecule is CCNC1=[N+]=[N+]=CC(=O)N1C. The molecule has 1 aliphatic heterocycles. The Morgan fingerprint density at radius 2 is 2.45 bits per heavy atom. The van der Waals surface area contributed by atoms with Crippen molar-refractivity contribution in [3.8, 4) is 0 Å². The van der Waals surface area contributed by atoms with Gasteiger partial charge in [0.25, 0.3) is 0 Å². The molecule has 5 heteroatoms. The molecule has 0 radical (unpaired) electrons. The van der Waals surface area contributed by atoms with Gasteiger partial charge < -0.3 is 0 Å². The van der Waals surface area contributed by atoms with Crippen LogP contribution in [0.25, 0.3) is 0 Å². The first-order valence-corrected chi connectivity index (χ1v) is 3.38. The van der Waals surface area contributed by atoms with Crippen molar-refractivity contribution in [3.63, 3.8) is 0 Å². The molecule has 1 N–H and O–H groups in total. The predicted molar refractivity (Wildman–Crippen MR) is 38.0 cm³/mol. The molecule has 0 saturated carbocycles. The van der Waals surface area contributed by atoms with Crippen molar-refractivity contribution in [2.45, 2.75) is 6.92 Å². The number of hydrogen-bond acceptors (Lipinski definition) is 2. The van der Waals surface area contributed by atoms with Crippen molar-refractivity contribution in [2.75, 3.05) is 13.6 Å². The van der Waals surface area contributed by atoms with Crippen LogP contribution in [0.15, 0.2) is 0 Å². The fourth-order valence-electron chi connectivity index (χ4n) is 0.703. The number of amides is 1. The Balaban J connectivity index is 2.87. The lowest BCUT2D eigenvalue weighted by molar-refractivity contribution is -0.550. The van der Waals surface area contributed by atoms with Crippen molar-refractivity contribution in [1.29, 1.82) is 0 Å². The lowest BCUT2D eigenvalue weighted by atomic mass is 10.5. The van der Waals surface area contributed by atoms with Crippen LogP contribution in [0, 0.1) is 0 Å². The average molecular weight is 154 g/mol. The van der Waals surface area contributed by atoms with Gasteiger partial charge in [0.15, 0.2) is 4.79 Å². The smallest absolute Gasteiger partial charge is 0.257 e. The third kappa shape index (κ3) is 1.46. The Hall–Kier alpha value is -1.57. The van der Waals surface area contributed by atoms with Crippen molar-refractivity contribution in [2.24, 2.45) is 0 Å². The summed E-state index contributed by atoms with van der Waals surface area (Å²) in [5, 5.41) is 2.91. The van der Waals surface area contributed by atoms with E-state index in [0.717, 1.165) is 6.54 Å². The molecule has 0 unspecified atom stereocenters. The van der Waals surface area contributed by atoms with E-state index in [1.165, 1.54) is 11.1 Å². The Bertz CT molecular complexity index is 270. The molecular weight excluding hydrogens is 144 g/mol. The second-order valence-electron chi connectivity index (χ2n) is 2.10. The van der Waals surface area contributed by atoms with E-state index in [1.807, 2.05) is 6.92 Å². The van der Waals surface area contributed by atoms with E-state index < -0.39 is 0 Å². The van der Waals surface area contributed by atoms with Crippen LogP contribution >= 0.6 is 0 Å². The van der Waals surface area contributed by atoms with Crippen LogP contribution in [0.3, 0.4) is 0 Å². The largest absolute Gasteiger partial charge is 0.535 e. The number of nitrogens with zero attached hydrogens (tertiary/aromatic N) is 3. The fraction of sp³-hybridized carbons (Fsp3) is 0.500. The number of carbonyl (C=O) groups excluding carboxylic acids is 1. The molecule has 0 aliphatic carbocycles. The van der Waals surface area contributed by atoms with E-state index in [2.05, 4.69) is 14.9 Å². The summed E-state index contributed by atoms with van der Waals surface area (Å²) in [5.74, 6) is 0.343. The Kier molecular flexibility index (Phi) is 2.06. The van der Waals surface area contributed by atoms with Crippen LogP contribution in [-0.4, -0.2) is 46.2 Å². The number of guanidine groups is 1. The van der Waals surface area contributed by atoms with Gasteiger partial charge in [0.1, 0.15) is 0 Å². The van der Waals surface area contributed by atoms with Gasteiger partial charge in [-0.25, -0.2) is 4.79 Å². The summed E-state index contributed by atoms with van der Waals surface area (Å²) in [6.07, 6.45) is 1.18. The molecule has 0 saturated heterocycles. The molecule has 1 heterocycles. The number of carbonyl (C=O) groups is 1. The highest BCUT2D eigenvalue weighted by atomic mass is 16.2. The molecule has 0 aromatic rings. The molecule has 1 aliphatic rings. The van der Waals surface area contributed by atoms with E-state index >= 15 is 0 Å². The second kappa shape index (κ2) is 3.01. The Morgan fingerprint density at radius 3 is 3.09 bits per heavy atom. The molecule has 5 nitrogen and oxygen atoms in total. The molecule has 0 aromatic carbocycles. The summed E-state index contributed by atoms with van der Waals surface area (Å²) in [6.45, 7) is 2.66. The van der Waals surface area contributed by atoms with Gasteiger partial charge in [-0.1, -0.05) is 0 Å². The minimum Gasteiger partial charge on any atom is -0.257 e. The predicted octanol–water partition coefficient (Wildman–Crippen LogP) is -1.64. The summed E-state index contributed by atoms with van der Waals surface area (Å²) < 4.78 is 0. The lowest BCUT2D eigenvalue weighted by Gasteiger charge is -2.01. The zero-order valence-corrected chi connectivity index (χ0v) is 6.53. The Labute approximate surface area is 64.2 Å². The first kappa shape index (κ1) is 7.54. The highest BCUT2D eigenvalue weighted by Crippen LogP contribution is 1.81. The van der Waals surface area contributed by atoms with Crippen LogP contribution < -0.4 is 5.32 Å². The molecule has 0 bridgehead atoms. The molecule has 1 amide bonds. The van der Waals surface area contributed by atoms with E-state index in [1.54, 1.807) is 7.05 Å². The molecule has 0 atom stereocenters. The van der Waals surface area contributed by atoms with Gasteiger partial charge in [-0.3, -0.25) is 5.32 Å². The topological polar surface area (TPSA) is 60.5 Å². The van der Waals surface area contributed by atoms with Crippen molar-refractivity contribution in [3.05, 3.63) is 0 Å². The van der Waals surface area contributed by atoms with E-state index in [9.17, 15) is 4.79 Å². The van der Waals surface area contributed by atoms with Crippen LogP contribution in [0.2, 0.25) is 0 Å². The van der Waals surface area contributed by atoms with Gasteiger partial charge in [-0.15, -0.1) is 0 Å². The first-order valence-electron chi connectivity index (χ1n) is 3.38. The first-order chi connectivity index (χ1) is 5.25. The summed E-state index contributed by atoms with van der Waals surface area (Å²) in [5.41, 5.74) is 0. The standard InChI is InChI=1S/C6H9N4O/c1-3-7-6-9-8-4-5(11)10(6)2/h4H,3H2,1-2H3/q+1/p+1. The minimum atomic E-state index is -0.157. The summed E-state index contributed by atoms with van der Waals surface area (Å²) in [6, 6.07) is 0. The van der Waals surface area contributed by atoms with Crippen molar-refractivity contribution >= 4 is 18.1 Å². The molecule has 0 fully saturated rings. The number of rotatable bonds is 1. The molecule has 0 aromatic heterocycles. The van der Waals surface area contributed by atoms with Crippen LogP contribution in [0.1, 0.15) is 6.92 Å². The quantitative estimate of drug-likeness (QED) is 0.461. The number of hydrogen-bond donors (Lipinski definition) is 1. The van der Waals surface area contributed by atoms with Gasteiger partial charge in [-0.2, -0.15) is 4.90 Å². The fourth-order valence-corrected chi connectivity index (χ4v) is 0.703. The number of nitrogens with one attached hydrogen (secondary N) is 1. The molecule has 11 heavy (non-hydrogen) atoms. The summed E-state index contributed by atoms with van der Waals surface area (Å²) in [7, 11) is 1.65. The Morgan fingerprint density at radius 1 is 1.73 bits per heavy atom. The maximum absolute atomic E-state index is 10.9. The minimum absolute atomic E-state index is 0.157. The summed E-state index contributed by atoms with van der Waals surface area (Å²) >= 11 is 0. The van der Waals surface area contributed by atoms with E-state index in [0.29, 0.717) is 5.96 Å². The molecule has 58 valence electrons. The van der Waals surface area contributed by atoms with Crippen LogP contribution in [0.4, 0.5) is 0 Å². The van der Waals surface area contributed by atoms with Gasteiger partial charge >= 0.3 is 18.1 Å². The molecular formula is C6H10N4O+2. The zero-order valence-electron chi connectivity index (χ0n) is 6.53. The highest BCUT2D eigenvalue weighted by Gasteiger charge is 2.31. The molecule has 1 rings (SSSR count).